The molecule has 0 saturated heterocycles. The highest BCUT2D eigenvalue weighted by atomic mass is 35.5. The summed E-state index contributed by atoms with van der Waals surface area (Å²) in [6.07, 6.45) is 0.520. The molecule has 0 aliphatic carbocycles. The van der Waals surface area contributed by atoms with Crippen LogP contribution >= 0.6 is 34.7 Å². The summed E-state index contributed by atoms with van der Waals surface area (Å²) in [6.45, 7) is 0.106. The van der Waals surface area contributed by atoms with E-state index in [1.165, 1.54) is 28.9 Å². The summed E-state index contributed by atoms with van der Waals surface area (Å²) in [5, 5.41) is 20.7. The first-order valence-corrected chi connectivity index (χ1v) is 15.6. The van der Waals surface area contributed by atoms with Gasteiger partial charge in [0.2, 0.25) is 0 Å². The van der Waals surface area contributed by atoms with Crippen LogP contribution in [0.3, 0.4) is 0 Å². The second kappa shape index (κ2) is 12.9. The SMILES string of the molecule is O=C(NCc1nnc(SCC(=O)N2N=C(c3cccs3)CC2c2ccc(F)cc2)n1-c1cccc(Cl)c1)c1ccccc1. The number of nitrogens with zero attached hydrogens (tertiary/aromatic N) is 5. The molecule has 3 aromatic carbocycles. The summed E-state index contributed by atoms with van der Waals surface area (Å²) >= 11 is 9.06. The smallest absolute Gasteiger partial charge is 0.253 e. The fourth-order valence-electron chi connectivity index (χ4n) is 4.70. The third-order valence-corrected chi connectivity index (χ3v) is 8.83. The third-order valence-electron chi connectivity index (χ3n) is 6.76. The Balaban J connectivity index is 1.24. The molecular weight excluding hydrogens is 607 g/mol. The van der Waals surface area contributed by atoms with Gasteiger partial charge >= 0.3 is 0 Å². The van der Waals surface area contributed by atoms with Gasteiger partial charge in [0.25, 0.3) is 11.8 Å². The van der Waals surface area contributed by atoms with Crippen LogP contribution in [-0.2, 0) is 11.3 Å². The molecule has 216 valence electrons. The average molecular weight is 631 g/mol. The van der Waals surface area contributed by atoms with Crippen molar-refractivity contribution in [2.45, 2.75) is 24.2 Å². The van der Waals surface area contributed by atoms with Gasteiger partial charge in [-0.3, -0.25) is 14.2 Å². The number of carbonyl (C=O) groups excluding carboxylic acids is 2. The first-order valence-electron chi connectivity index (χ1n) is 13.3. The zero-order valence-electron chi connectivity index (χ0n) is 22.6. The molecule has 1 atom stereocenters. The summed E-state index contributed by atoms with van der Waals surface area (Å²) in [6, 6.07) is 25.8. The van der Waals surface area contributed by atoms with Crippen molar-refractivity contribution in [1.82, 2.24) is 25.1 Å². The van der Waals surface area contributed by atoms with E-state index >= 15 is 0 Å². The minimum atomic E-state index is -0.361. The summed E-state index contributed by atoms with van der Waals surface area (Å²) in [4.78, 5) is 27.3. The van der Waals surface area contributed by atoms with Gasteiger partial charge in [0, 0.05) is 17.0 Å². The van der Waals surface area contributed by atoms with E-state index in [0.29, 0.717) is 33.7 Å². The normalized spacial score (nSPS) is 14.5. The van der Waals surface area contributed by atoms with E-state index in [2.05, 4.69) is 15.5 Å². The van der Waals surface area contributed by atoms with E-state index in [-0.39, 0.29) is 36.0 Å². The lowest BCUT2D eigenvalue weighted by molar-refractivity contribution is -0.130. The van der Waals surface area contributed by atoms with Crippen LogP contribution in [0.25, 0.3) is 5.69 Å². The Kier molecular flexibility index (Phi) is 8.64. The van der Waals surface area contributed by atoms with Crippen molar-refractivity contribution < 1.29 is 14.0 Å². The van der Waals surface area contributed by atoms with Crippen LogP contribution in [-0.4, -0.2) is 43.1 Å². The maximum absolute atomic E-state index is 13.7. The van der Waals surface area contributed by atoms with Gasteiger partial charge in [-0.05, 0) is 59.5 Å². The molecule has 5 aromatic rings. The highest BCUT2D eigenvalue weighted by Crippen LogP contribution is 2.35. The summed E-state index contributed by atoms with van der Waals surface area (Å²) in [5.74, 6) is -0.319. The molecule has 0 bridgehead atoms. The number of nitrogens with one attached hydrogen (secondary N) is 1. The Bertz CT molecular complexity index is 1780. The number of hydrogen-bond donors (Lipinski definition) is 1. The zero-order valence-corrected chi connectivity index (χ0v) is 25.0. The molecule has 6 rings (SSSR count). The largest absolute Gasteiger partial charge is 0.345 e. The average Bonchev–Trinajstić information content (AvgIpc) is 3.80. The third kappa shape index (κ3) is 6.53. The van der Waals surface area contributed by atoms with Crippen molar-refractivity contribution in [3.63, 3.8) is 0 Å². The Morgan fingerprint density at radius 2 is 1.81 bits per heavy atom. The summed E-state index contributed by atoms with van der Waals surface area (Å²) in [7, 11) is 0. The van der Waals surface area contributed by atoms with E-state index < -0.39 is 0 Å². The molecule has 2 aromatic heterocycles. The standard InChI is InChI=1S/C31H24ClFN6O2S2/c32-22-8-4-9-24(16-22)38-28(18-34-30(41)21-6-2-1-3-7-21)35-36-31(38)43-19-29(40)39-26(20-11-13-23(33)14-12-20)17-25(37-39)27-10-5-15-42-27/h1-16,26H,17-19H2,(H,34,41). The highest BCUT2D eigenvalue weighted by molar-refractivity contribution is 7.99. The van der Waals surface area contributed by atoms with Crippen molar-refractivity contribution in [2.75, 3.05) is 5.75 Å². The van der Waals surface area contributed by atoms with Gasteiger partial charge in [-0.2, -0.15) is 5.10 Å². The topological polar surface area (TPSA) is 92.5 Å². The Morgan fingerprint density at radius 1 is 1.00 bits per heavy atom. The number of benzene rings is 3. The quantitative estimate of drug-likeness (QED) is 0.187. The van der Waals surface area contributed by atoms with E-state index in [0.717, 1.165) is 16.2 Å². The van der Waals surface area contributed by atoms with Crippen LogP contribution in [0.15, 0.2) is 107 Å². The van der Waals surface area contributed by atoms with Gasteiger partial charge in [0.15, 0.2) is 11.0 Å². The number of hydrazone groups is 1. The van der Waals surface area contributed by atoms with Crippen molar-refractivity contribution >= 4 is 52.2 Å². The fourth-order valence-corrected chi connectivity index (χ4v) is 6.43. The van der Waals surface area contributed by atoms with Gasteiger partial charge in [0.05, 0.1) is 34.6 Å². The summed E-state index contributed by atoms with van der Waals surface area (Å²) < 4.78 is 15.4. The number of thioether (sulfide) groups is 1. The van der Waals surface area contributed by atoms with Gasteiger partial charge < -0.3 is 5.32 Å². The van der Waals surface area contributed by atoms with Gasteiger partial charge in [-0.1, -0.05) is 65.8 Å². The lowest BCUT2D eigenvalue weighted by atomic mass is 10.0. The summed E-state index contributed by atoms with van der Waals surface area (Å²) in [5.41, 5.74) is 2.83. The number of carbonyl (C=O) groups is 2. The Hall–Kier alpha value is -4.32. The van der Waals surface area contributed by atoms with Crippen molar-refractivity contribution in [1.29, 1.82) is 0 Å². The molecule has 0 spiro atoms. The molecule has 3 heterocycles. The number of rotatable bonds is 9. The second-order valence-corrected chi connectivity index (χ2v) is 11.9. The Morgan fingerprint density at radius 3 is 2.56 bits per heavy atom. The van der Waals surface area contributed by atoms with Crippen LogP contribution in [0.2, 0.25) is 5.02 Å². The lowest BCUT2D eigenvalue weighted by Crippen LogP contribution is -2.28. The lowest BCUT2D eigenvalue weighted by Gasteiger charge is -2.22. The van der Waals surface area contributed by atoms with Crippen LogP contribution < -0.4 is 5.32 Å². The molecule has 2 amide bonds. The van der Waals surface area contributed by atoms with Crippen LogP contribution in [0.4, 0.5) is 4.39 Å². The molecule has 1 aliphatic rings. The van der Waals surface area contributed by atoms with Crippen molar-refractivity contribution in [3.8, 4) is 5.69 Å². The molecule has 0 saturated carbocycles. The van der Waals surface area contributed by atoms with Crippen LogP contribution in [0, 0.1) is 5.82 Å². The predicted molar refractivity (Wildman–Crippen MR) is 166 cm³/mol. The maximum atomic E-state index is 13.7. The van der Waals surface area contributed by atoms with Gasteiger partial charge in [0.1, 0.15) is 5.82 Å². The number of hydrogen-bond acceptors (Lipinski definition) is 7. The maximum Gasteiger partial charge on any atom is 0.253 e. The van der Waals surface area contributed by atoms with E-state index in [1.807, 2.05) is 35.7 Å². The molecular formula is C31H24ClFN6O2S2. The van der Waals surface area contributed by atoms with E-state index in [4.69, 9.17) is 16.7 Å². The first kappa shape index (κ1) is 28.8. The zero-order chi connectivity index (χ0) is 29.8. The number of amides is 2. The molecule has 0 fully saturated rings. The second-order valence-electron chi connectivity index (χ2n) is 9.59. The van der Waals surface area contributed by atoms with E-state index in [9.17, 15) is 14.0 Å². The highest BCUT2D eigenvalue weighted by Gasteiger charge is 2.33. The molecule has 1 unspecified atom stereocenters. The van der Waals surface area contributed by atoms with Crippen LogP contribution in [0.1, 0.15) is 39.1 Å². The van der Waals surface area contributed by atoms with E-state index in [1.54, 1.807) is 64.4 Å². The van der Waals surface area contributed by atoms with Crippen molar-refractivity contribution in [3.05, 3.63) is 129 Å². The fraction of sp³-hybridized carbons (Fsp3) is 0.129. The number of aromatic nitrogens is 3. The number of halogens is 2. The molecule has 43 heavy (non-hydrogen) atoms. The minimum Gasteiger partial charge on any atom is -0.345 e. The molecule has 0 radical (unpaired) electrons. The van der Waals surface area contributed by atoms with Gasteiger partial charge in [-0.25, -0.2) is 9.40 Å². The van der Waals surface area contributed by atoms with Gasteiger partial charge in [-0.15, -0.1) is 21.5 Å². The predicted octanol–water partition coefficient (Wildman–Crippen LogP) is 6.52. The minimum absolute atomic E-state index is 0.0218. The Labute approximate surface area is 260 Å². The van der Waals surface area contributed by atoms with Crippen LogP contribution in [0.5, 0.6) is 0 Å². The monoisotopic (exact) mass is 630 g/mol. The van der Waals surface area contributed by atoms with Crippen molar-refractivity contribution in [2.24, 2.45) is 5.10 Å². The molecule has 1 N–H and O–H groups in total. The molecule has 8 nitrogen and oxygen atoms in total. The number of thiophene rings is 1. The molecule has 12 heteroatoms. The first-order chi connectivity index (χ1) is 21.0. The molecule has 1 aliphatic heterocycles.